The molecule has 4 saturated carbocycles. The van der Waals surface area contributed by atoms with Gasteiger partial charge in [-0.25, -0.2) is 4.79 Å². The van der Waals surface area contributed by atoms with E-state index in [1.807, 2.05) is 19.1 Å². The highest BCUT2D eigenvalue weighted by molar-refractivity contribution is 5.93. The maximum atomic E-state index is 12.9. The number of hydrogen-bond donors (Lipinski definition) is 4. The van der Waals surface area contributed by atoms with Gasteiger partial charge in [0.25, 0.3) is 0 Å². The molecule has 0 radical (unpaired) electrons. The molecule has 6 rings (SSSR count). The lowest BCUT2D eigenvalue weighted by atomic mass is 9.43. The Balaban J connectivity index is 1.12. The van der Waals surface area contributed by atoms with Gasteiger partial charge >= 0.3 is 5.63 Å². The molecule has 4 aliphatic rings. The second-order valence-electron chi connectivity index (χ2n) is 14.6. The molecule has 41 heavy (non-hydrogen) atoms. The van der Waals surface area contributed by atoms with Crippen molar-refractivity contribution in [2.45, 2.75) is 104 Å². The molecule has 0 spiro atoms. The molecule has 7 heteroatoms. The van der Waals surface area contributed by atoms with E-state index in [2.05, 4.69) is 26.1 Å². The Hall–Kier alpha value is -2.22. The highest BCUT2D eigenvalue weighted by atomic mass is 16.4. The van der Waals surface area contributed by atoms with Gasteiger partial charge in [0.1, 0.15) is 5.58 Å². The van der Waals surface area contributed by atoms with Gasteiger partial charge in [0.05, 0.1) is 18.3 Å². The molecule has 4 aliphatic carbocycles. The molecule has 1 aromatic carbocycles. The minimum absolute atomic E-state index is 0.0321. The first-order chi connectivity index (χ1) is 19.4. The van der Waals surface area contributed by atoms with Crippen molar-refractivity contribution >= 4 is 22.6 Å². The van der Waals surface area contributed by atoms with Crippen molar-refractivity contribution in [2.75, 3.05) is 5.32 Å². The van der Waals surface area contributed by atoms with Crippen LogP contribution < -0.4 is 10.9 Å². The van der Waals surface area contributed by atoms with Crippen molar-refractivity contribution in [2.24, 2.45) is 46.3 Å². The average Bonchev–Trinajstić information content (AvgIpc) is 3.28. The molecule has 11 atom stereocenters. The standard InChI is InChI=1S/C34H47NO6/c1-18(5-10-28(37)35-20-6-7-22-19(2)15-29(38)41-27(22)16-20)23-8-9-24-30-25(12-14-33(23,24)3)34(4)13-11-21(36)17-26(34)31(39)32(30)40/h6-7,15-16,18,21,23-26,30-32,36,39-40H,5,8-14,17H2,1-4H3,(H,35,37). The van der Waals surface area contributed by atoms with E-state index in [0.717, 1.165) is 55.9 Å². The molecule has 0 bridgehead atoms. The topological polar surface area (TPSA) is 120 Å². The molecule has 4 N–H and O–H groups in total. The predicted molar refractivity (Wildman–Crippen MR) is 158 cm³/mol. The van der Waals surface area contributed by atoms with Gasteiger partial charge in [-0.3, -0.25) is 4.79 Å². The minimum atomic E-state index is -0.772. The highest BCUT2D eigenvalue weighted by Crippen LogP contribution is 2.68. The van der Waals surface area contributed by atoms with E-state index >= 15 is 0 Å². The first kappa shape index (κ1) is 28.9. The SMILES string of the molecule is Cc1cc(=O)oc2cc(NC(=O)CCC(C)C3CCC4C5C(O)C(O)C6CC(O)CCC6(C)C5CCC34C)ccc12. The van der Waals surface area contributed by atoms with Gasteiger partial charge in [-0.15, -0.1) is 0 Å². The van der Waals surface area contributed by atoms with E-state index in [1.165, 1.54) is 6.07 Å². The molecule has 224 valence electrons. The zero-order valence-corrected chi connectivity index (χ0v) is 24.9. The van der Waals surface area contributed by atoms with Crippen LogP contribution >= 0.6 is 0 Å². The molecular weight excluding hydrogens is 518 g/mol. The van der Waals surface area contributed by atoms with Crippen LogP contribution in [0.2, 0.25) is 0 Å². The summed E-state index contributed by atoms with van der Waals surface area (Å²) in [7, 11) is 0. The third kappa shape index (κ3) is 4.76. The molecule has 1 amide bonds. The number of rotatable bonds is 5. The molecule has 11 unspecified atom stereocenters. The smallest absolute Gasteiger partial charge is 0.336 e. The molecule has 4 fully saturated rings. The Bertz CT molecular complexity index is 1370. The van der Waals surface area contributed by atoms with E-state index < -0.39 is 17.8 Å². The summed E-state index contributed by atoms with van der Waals surface area (Å²) >= 11 is 0. The summed E-state index contributed by atoms with van der Waals surface area (Å²) < 4.78 is 5.33. The summed E-state index contributed by atoms with van der Waals surface area (Å²) in [5.74, 6) is 1.60. The van der Waals surface area contributed by atoms with Crippen LogP contribution in [0.25, 0.3) is 11.0 Å². The summed E-state index contributed by atoms with van der Waals surface area (Å²) in [5, 5.41) is 37.0. The van der Waals surface area contributed by atoms with Gasteiger partial charge in [-0.2, -0.15) is 0 Å². The number of aryl methyl sites for hydroxylation is 1. The lowest BCUT2D eigenvalue weighted by Gasteiger charge is -2.63. The number of amides is 1. The van der Waals surface area contributed by atoms with E-state index in [-0.39, 0.29) is 34.7 Å². The number of aliphatic hydroxyl groups is 3. The Morgan fingerprint density at radius 2 is 1.73 bits per heavy atom. The van der Waals surface area contributed by atoms with Crippen LogP contribution in [0.3, 0.4) is 0 Å². The summed E-state index contributed by atoms with van der Waals surface area (Å²) in [6.07, 6.45) is 5.97. The van der Waals surface area contributed by atoms with E-state index in [4.69, 9.17) is 4.42 Å². The Kier molecular flexibility index (Phi) is 7.39. The molecule has 7 nitrogen and oxygen atoms in total. The summed E-state index contributed by atoms with van der Waals surface area (Å²) in [6.45, 7) is 8.87. The normalized spacial score (nSPS) is 40.9. The zero-order valence-electron chi connectivity index (χ0n) is 24.9. The Morgan fingerprint density at radius 3 is 2.51 bits per heavy atom. The number of hydrogen-bond acceptors (Lipinski definition) is 6. The highest BCUT2D eigenvalue weighted by Gasteiger charge is 2.65. The first-order valence-corrected chi connectivity index (χ1v) is 15.8. The van der Waals surface area contributed by atoms with Crippen molar-refractivity contribution < 1.29 is 24.5 Å². The number of aliphatic hydroxyl groups excluding tert-OH is 3. The lowest BCUT2D eigenvalue weighted by molar-refractivity contribution is -0.223. The number of anilines is 1. The summed E-state index contributed by atoms with van der Waals surface area (Å²) in [5.41, 5.74) is 1.61. The van der Waals surface area contributed by atoms with E-state index in [1.54, 1.807) is 6.07 Å². The molecule has 2 aromatic rings. The van der Waals surface area contributed by atoms with Crippen molar-refractivity contribution in [3.63, 3.8) is 0 Å². The minimum Gasteiger partial charge on any atom is -0.423 e. The average molecular weight is 566 g/mol. The lowest BCUT2D eigenvalue weighted by Crippen LogP contribution is -2.64. The number of fused-ring (bicyclic) bond motifs is 6. The van der Waals surface area contributed by atoms with Crippen molar-refractivity contribution in [1.29, 1.82) is 0 Å². The largest absolute Gasteiger partial charge is 0.423 e. The monoisotopic (exact) mass is 565 g/mol. The quantitative estimate of drug-likeness (QED) is 0.360. The zero-order chi connectivity index (χ0) is 29.3. The fourth-order valence-corrected chi connectivity index (χ4v) is 10.4. The van der Waals surface area contributed by atoms with Gasteiger partial charge in [-0.1, -0.05) is 20.8 Å². The van der Waals surface area contributed by atoms with Crippen molar-refractivity contribution in [3.05, 3.63) is 40.2 Å². The van der Waals surface area contributed by atoms with Crippen LogP contribution in [0.4, 0.5) is 5.69 Å². The van der Waals surface area contributed by atoms with Crippen LogP contribution in [0.1, 0.15) is 84.1 Å². The van der Waals surface area contributed by atoms with Crippen molar-refractivity contribution in [1.82, 2.24) is 0 Å². The summed E-state index contributed by atoms with van der Waals surface area (Å²) in [6, 6.07) is 6.90. The number of benzene rings is 1. The molecule has 0 aliphatic heterocycles. The van der Waals surface area contributed by atoms with Gasteiger partial charge < -0.3 is 25.1 Å². The van der Waals surface area contributed by atoms with Gasteiger partial charge in [0.15, 0.2) is 0 Å². The number of carbonyl (C=O) groups excluding carboxylic acids is 1. The van der Waals surface area contributed by atoms with Crippen LogP contribution in [0.15, 0.2) is 33.5 Å². The second-order valence-corrected chi connectivity index (χ2v) is 14.6. The number of nitrogens with one attached hydrogen (secondary N) is 1. The van der Waals surface area contributed by atoms with Crippen LogP contribution in [-0.4, -0.2) is 39.5 Å². The summed E-state index contributed by atoms with van der Waals surface area (Å²) in [4.78, 5) is 24.7. The molecular formula is C34H47NO6. The van der Waals surface area contributed by atoms with Crippen LogP contribution in [0.5, 0.6) is 0 Å². The molecule has 0 saturated heterocycles. The van der Waals surface area contributed by atoms with Crippen molar-refractivity contribution in [3.8, 4) is 0 Å². The van der Waals surface area contributed by atoms with Gasteiger partial charge in [0.2, 0.25) is 5.91 Å². The number of carbonyl (C=O) groups is 1. The van der Waals surface area contributed by atoms with Gasteiger partial charge in [-0.05, 0) is 122 Å². The predicted octanol–water partition coefficient (Wildman–Crippen LogP) is 5.42. The Morgan fingerprint density at radius 1 is 1.00 bits per heavy atom. The van der Waals surface area contributed by atoms with Gasteiger partial charge in [0, 0.05) is 29.6 Å². The fourth-order valence-electron chi connectivity index (χ4n) is 10.4. The maximum Gasteiger partial charge on any atom is 0.336 e. The van der Waals surface area contributed by atoms with E-state index in [0.29, 0.717) is 47.8 Å². The molecule has 1 aromatic heterocycles. The molecule has 1 heterocycles. The van der Waals surface area contributed by atoms with E-state index in [9.17, 15) is 24.9 Å². The van der Waals surface area contributed by atoms with Crippen LogP contribution in [0, 0.1) is 53.3 Å². The van der Waals surface area contributed by atoms with Crippen LogP contribution in [-0.2, 0) is 4.79 Å². The first-order valence-electron chi connectivity index (χ1n) is 15.8. The maximum absolute atomic E-state index is 12.9. The second kappa shape index (κ2) is 10.5. The third-order valence-corrected chi connectivity index (χ3v) is 12.5. The Labute approximate surface area is 242 Å². The fraction of sp³-hybridized carbons (Fsp3) is 0.706. The third-order valence-electron chi connectivity index (χ3n) is 12.5.